The van der Waals surface area contributed by atoms with Crippen molar-refractivity contribution in [2.24, 2.45) is 11.8 Å². The van der Waals surface area contributed by atoms with Crippen LogP contribution in [0.3, 0.4) is 0 Å². The van der Waals surface area contributed by atoms with Crippen LogP contribution < -0.4 is 5.32 Å². The summed E-state index contributed by atoms with van der Waals surface area (Å²) >= 11 is 0. The molecule has 2 fully saturated rings. The minimum Gasteiger partial charge on any atom is -0.342 e. The molecule has 0 aromatic heterocycles. The fourth-order valence-corrected chi connectivity index (χ4v) is 3.53. The highest BCUT2D eigenvalue weighted by Crippen LogP contribution is 2.27. The first kappa shape index (κ1) is 17.7. The summed E-state index contributed by atoms with van der Waals surface area (Å²) in [7, 11) is 0. The zero-order valence-corrected chi connectivity index (χ0v) is 13.8. The molecule has 0 saturated carbocycles. The highest BCUT2D eigenvalue weighted by Gasteiger charge is 2.31. The monoisotopic (exact) mass is 339 g/mol. The lowest BCUT2D eigenvalue weighted by Crippen LogP contribution is -2.33. The Balaban J connectivity index is 0.00000192. The number of fused-ring (bicyclic) bond motifs is 1. The van der Waals surface area contributed by atoms with Crippen molar-refractivity contribution in [1.29, 1.82) is 0 Å². The molecule has 0 aliphatic carbocycles. The van der Waals surface area contributed by atoms with Crippen LogP contribution >= 0.6 is 12.4 Å². The zero-order valence-electron chi connectivity index (χ0n) is 12.9. The highest BCUT2D eigenvalue weighted by atomic mass is 35.5. The molecule has 2 heterocycles. The van der Waals surface area contributed by atoms with Crippen molar-refractivity contribution in [1.82, 2.24) is 10.2 Å². The first-order chi connectivity index (χ1) is 10.6. The van der Waals surface area contributed by atoms with Crippen LogP contribution in [0.1, 0.15) is 18.4 Å². The van der Waals surface area contributed by atoms with E-state index in [-0.39, 0.29) is 30.4 Å². The smallest absolute Gasteiger partial charge is 0.269 e. The quantitative estimate of drug-likeness (QED) is 0.675. The Morgan fingerprint density at radius 2 is 1.91 bits per heavy atom. The van der Waals surface area contributed by atoms with Gasteiger partial charge in [-0.2, -0.15) is 0 Å². The van der Waals surface area contributed by atoms with Crippen molar-refractivity contribution in [2.45, 2.75) is 19.3 Å². The number of hydrogen-bond donors (Lipinski definition) is 1. The van der Waals surface area contributed by atoms with Gasteiger partial charge in [-0.25, -0.2) is 0 Å². The molecule has 1 amide bonds. The minimum absolute atomic E-state index is 0. The standard InChI is InChI=1S/C16H21N3O3.ClH/c20-16(9-12-2-1-3-15(8-12)19(21)22)18-6-4-13-10-17-11-14(13)5-7-18;/h1-3,8,13-14,17H,4-7,9-11H2;1H/t13-,14+;. The van der Waals surface area contributed by atoms with Gasteiger partial charge in [-0.05, 0) is 43.3 Å². The van der Waals surface area contributed by atoms with Crippen molar-refractivity contribution in [3.05, 3.63) is 39.9 Å². The molecule has 2 saturated heterocycles. The molecule has 1 N–H and O–H groups in total. The van der Waals surface area contributed by atoms with Crippen LogP contribution in [0.15, 0.2) is 24.3 Å². The number of carbonyl (C=O) groups is 1. The van der Waals surface area contributed by atoms with Crippen LogP contribution in [0.5, 0.6) is 0 Å². The lowest BCUT2D eigenvalue weighted by Gasteiger charge is -2.21. The number of carbonyl (C=O) groups excluding carboxylic acids is 1. The molecule has 0 bridgehead atoms. The Hall–Kier alpha value is -1.66. The molecule has 1 aromatic rings. The summed E-state index contributed by atoms with van der Waals surface area (Å²) in [6.07, 6.45) is 2.35. The van der Waals surface area contributed by atoms with E-state index in [9.17, 15) is 14.9 Å². The van der Waals surface area contributed by atoms with Gasteiger partial charge in [0, 0.05) is 25.2 Å². The summed E-state index contributed by atoms with van der Waals surface area (Å²) in [5, 5.41) is 14.2. The lowest BCUT2D eigenvalue weighted by molar-refractivity contribution is -0.384. The molecule has 23 heavy (non-hydrogen) atoms. The van der Waals surface area contributed by atoms with E-state index in [0.717, 1.165) is 39.0 Å². The van der Waals surface area contributed by atoms with Crippen molar-refractivity contribution in [2.75, 3.05) is 26.2 Å². The molecule has 1 aromatic carbocycles. The Bertz CT molecular complexity index is 567. The van der Waals surface area contributed by atoms with Crippen LogP contribution in [0.4, 0.5) is 5.69 Å². The average molecular weight is 340 g/mol. The number of hydrogen-bond acceptors (Lipinski definition) is 4. The Labute approximate surface area is 141 Å². The third-order valence-corrected chi connectivity index (χ3v) is 4.85. The van der Waals surface area contributed by atoms with Gasteiger partial charge >= 0.3 is 0 Å². The fourth-order valence-electron chi connectivity index (χ4n) is 3.53. The number of benzene rings is 1. The molecular formula is C16H22ClN3O3. The van der Waals surface area contributed by atoms with E-state index in [2.05, 4.69) is 5.32 Å². The Morgan fingerprint density at radius 3 is 2.52 bits per heavy atom. The summed E-state index contributed by atoms with van der Waals surface area (Å²) in [5.41, 5.74) is 0.757. The van der Waals surface area contributed by atoms with E-state index in [1.807, 2.05) is 4.90 Å². The first-order valence-corrected chi connectivity index (χ1v) is 7.85. The van der Waals surface area contributed by atoms with Crippen molar-refractivity contribution >= 4 is 24.0 Å². The van der Waals surface area contributed by atoms with E-state index >= 15 is 0 Å². The second kappa shape index (κ2) is 7.75. The van der Waals surface area contributed by atoms with Crippen LogP contribution in [0, 0.1) is 22.0 Å². The molecule has 0 unspecified atom stereocenters. The van der Waals surface area contributed by atoms with Gasteiger partial charge in [0.1, 0.15) is 0 Å². The van der Waals surface area contributed by atoms with E-state index in [1.165, 1.54) is 12.1 Å². The number of nitrogens with zero attached hydrogens (tertiary/aromatic N) is 2. The molecular weight excluding hydrogens is 318 g/mol. The van der Waals surface area contributed by atoms with Crippen molar-refractivity contribution < 1.29 is 9.72 Å². The molecule has 2 atom stereocenters. The Kier molecular flexibility index (Phi) is 5.96. The summed E-state index contributed by atoms with van der Waals surface area (Å²) in [5.74, 6) is 1.46. The molecule has 0 radical (unpaired) electrons. The van der Waals surface area contributed by atoms with Gasteiger partial charge in [0.15, 0.2) is 0 Å². The molecule has 0 spiro atoms. The number of halogens is 1. The number of amides is 1. The lowest BCUT2D eigenvalue weighted by atomic mass is 9.92. The number of rotatable bonds is 3. The summed E-state index contributed by atoms with van der Waals surface area (Å²) in [6, 6.07) is 6.36. The molecule has 2 aliphatic heterocycles. The minimum atomic E-state index is -0.423. The van der Waals surface area contributed by atoms with E-state index in [4.69, 9.17) is 0 Å². The number of nitro benzene ring substituents is 1. The van der Waals surface area contributed by atoms with Crippen LogP contribution in [0.2, 0.25) is 0 Å². The maximum Gasteiger partial charge on any atom is 0.269 e. The molecule has 126 valence electrons. The number of likely N-dealkylation sites (tertiary alicyclic amines) is 1. The maximum atomic E-state index is 12.5. The largest absolute Gasteiger partial charge is 0.342 e. The number of nitro groups is 1. The second-order valence-corrected chi connectivity index (χ2v) is 6.24. The van der Waals surface area contributed by atoms with E-state index in [0.29, 0.717) is 17.4 Å². The SMILES string of the molecule is Cl.O=C(Cc1cccc([N+](=O)[O-])c1)N1CC[C@@H]2CNC[C@@H]2CC1. The first-order valence-electron chi connectivity index (χ1n) is 7.85. The summed E-state index contributed by atoms with van der Waals surface area (Å²) in [4.78, 5) is 24.8. The summed E-state index contributed by atoms with van der Waals surface area (Å²) in [6.45, 7) is 3.74. The van der Waals surface area contributed by atoms with Crippen LogP contribution in [-0.2, 0) is 11.2 Å². The van der Waals surface area contributed by atoms with Crippen molar-refractivity contribution in [3.8, 4) is 0 Å². The topological polar surface area (TPSA) is 75.5 Å². The van der Waals surface area contributed by atoms with Crippen LogP contribution in [-0.4, -0.2) is 41.9 Å². The zero-order chi connectivity index (χ0) is 15.5. The third-order valence-electron chi connectivity index (χ3n) is 4.85. The second-order valence-electron chi connectivity index (χ2n) is 6.24. The van der Waals surface area contributed by atoms with Gasteiger partial charge < -0.3 is 10.2 Å². The predicted octanol–water partition coefficient (Wildman–Crippen LogP) is 2.02. The molecule has 2 aliphatic rings. The van der Waals surface area contributed by atoms with E-state index in [1.54, 1.807) is 12.1 Å². The predicted molar refractivity (Wildman–Crippen MR) is 89.7 cm³/mol. The highest BCUT2D eigenvalue weighted by molar-refractivity contribution is 5.85. The summed E-state index contributed by atoms with van der Waals surface area (Å²) < 4.78 is 0. The van der Waals surface area contributed by atoms with Gasteiger partial charge in [-0.1, -0.05) is 12.1 Å². The Morgan fingerprint density at radius 1 is 1.26 bits per heavy atom. The van der Waals surface area contributed by atoms with Crippen LogP contribution in [0.25, 0.3) is 0 Å². The molecule has 3 rings (SSSR count). The van der Waals surface area contributed by atoms with Gasteiger partial charge in [0.25, 0.3) is 5.69 Å². The maximum absolute atomic E-state index is 12.5. The number of non-ortho nitro benzene ring substituents is 1. The van der Waals surface area contributed by atoms with Crippen molar-refractivity contribution in [3.63, 3.8) is 0 Å². The number of nitrogens with one attached hydrogen (secondary N) is 1. The fraction of sp³-hybridized carbons (Fsp3) is 0.562. The third kappa shape index (κ3) is 4.20. The van der Waals surface area contributed by atoms with E-state index < -0.39 is 4.92 Å². The van der Waals surface area contributed by atoms with Gasteiger partial charge in [-0.3, -0.25) is 14.9 Å². The van der Waals surface area contributed by atoms with Gasteiger partial charge in [0.2, 0.25) is 5.91 Å². The molecule has 6 nitrogen and oxygen atoms in total. The average Bonchev–Trinajstić information content (AvgIpc) is 2.86. The van der Waals surface area contributed by atoms with Gasteiger partial charge in [0.05, 0.1) is 11.3 Å². The van der Waals surface area contributed by atoms with Gasteiger partial charge in [-0.15, -0.1) is 12.4 Å². The normalized spacial score (nSPS) is 23.6. The molecule has 7 heteroatoms.